The Morgan fingerprint density at radius 3 is 2.44 bits per heavy atom. The summed E-state index contributed by atoms with van der Waals surface area (Å²) >= 11 is 4.20. The van der Waals surface area contributed by atoms with Gasteiger partial charge in [0.15, 0.2) is 0 Å². The highest BCUT2D eigenvalue weighted by atomic mass is 32.1. The number of hydrogen-bond donors (Lipinski definition) is 3. The van der Waals surface area contributed by atoms with Crippen LogP contribution in [0.15, 0.2) is 24.3 Å². The van der Waals surface area contributed by atoms with Gasteiger partial charge in [-0.1, -0.05) is 37.6 Å². The Morgan fingerprint density at radius 1 is 1.25 bits per heavy atom. The van der Waals surface area contributed by atoms with E-state index in [2.05, 4.69) is 23.3 Å². The average molecular weight is 463 g/mol. The van der Waals surface area contributed by atoms with Crippen molar-refractivity contribution in [3.63, 3.8) is 0 Å². The van der Waals surface area contributed by atoms with Gasteiger partial charge in [0.25, 0.3) is 0 Å². The van der Waals surface area contributed by atoms with E-state index in [1.165, 1.54) is 4.90 Å². The van der Waals surface area contributed by atoms with Crippen LogP contribution in [0.2, 0.25) is 0 Å². The summed E-state index contributed by atoms with van der Waals surface area (Å²) in [5.74, 6) is -1.00. The van der Waals surface area contributed by atoms with Gasteiger partial charge < -0.3 is 20.3 Å². The van der Waals surface area contributed by atoms with E-state index in [0.717, 1.165) is 18.4 Å². The van der Waals surface area contributed by atoms with Gasteiger partial charge in [-0.05, 0) is 45.2 Å². The normalized spacial score (nSPS) is 12.8. The van der Waals surface area contributed by atoms with Crippen molar-refractivity contribution in [2.75, 3.05) is 18.8 Å². The monoisotopic (exact) mass is 462 g/mol. The third kappa shape index (κ3) is 8.42. The SMILES string of the molecule is CCCCNC(=O)C(c1ccccc1C)N(CC#N)C(=O)C(CS)NC(=O)OC(C)(C)C. The van der Waals surface area contributed by atoms with Crippen LogP contribution < -0.4 is 10.6 Å². The fourth-order valence-electron chi connectivity index (χ4n) is 3.04. The molecule has 0 aliphatic heterocycles. The summed E-state index contributed by atoms with van der Waals surface area (Å²) in [6.07, 6.45) is 0.914. The summed E-state index contributed by atoms with van der Waals surface area (Å²) < 4.78 is 5.24. The molecule has 3 amide bonds. The molecule has 2 N–H and O–H groups in total. The third-order valence-electron chi connectivity index (χ3n) is 4.57. The van der Waals surface area contributed by atoms with Crippen molar-refractivity contribution < 1.29 is 19.1 Å². The molecular weight excluding hydrogens is 428 g/mol. The Hall–Kier alpha value is -2.73. The second-order valence-corrected chi connectivity index (χ2v) is 8.77. The van der Waals surface area contributed by atoms with Crippen LogP contribution in [0.1, 0.15) is 57.7 Å². The first-order valence-electron chi connectivity index (χ1n) is 10.7. The van der Waals surface area contributed by atoms with Gasteiger partial charge in [-0.15, -0.1) is 0 Å². The number of rotatable bonds is 10. The largest absolute Gasteiger partial charge is 0.444 e. The Morgan fingerprint density at radius 2 is 1.91 bits per heavy atom. The van der Waals surface area contributed by atoms with E-state index in [1.807, 2.05) is 32.0 Å². The molecule has 0 spiro atoms. The van der Waals surface area contributed by atoms with E-state index < -0.39 is 29.7 Å². The molecule has 0 aromatic heterocycles. The van der Waals surface area contributed by atoms with Crippen molar-refractivity contribution >= 4 is 30.5 Å². The number of nitrogens with zero attached hydrogens (tertiary/aromatic N) is 2. The Kier molecular flexibility index (Phi) is 11.1. The molecule has 0 aliphatic rings. The molecule has 8 nitrogen and oxygen atoms in total. The van der Waals surface area contributed by atoms with Crippen LogP contribution in [-0.2, 0) is 14.3 Å². The first-order chi connectivity index (χ1) is 15.1. The van der Waals surface area contributed by atoms with Crippen LogP contribution in [0, 0.1) is 18.3 Å². The number of hydrogen-bond acceptors (Lipinski definition) is 6. The first-order valence-corrected chi connectivity index (χ1v) is 11.3. The molecule has 1 aromatic carbocycles. The lowest BCUT2D eigenvalue weighted by atomic mass is 9.98. The summed E-state index contributed by atoms with van der Waals surface area (Å²) in [6, 6.07) is 7.08. The maximum absolute atomic E-state index is 13.4. The number of alkyl carbamates (subject to hydrolysis) is 1. The quantitative estimate of drug-likeness (QED) is 0.281. The minimum Gasteiger partial charge on any atom is -0.444 e. The van der Waals surface area contributed by atoms with Crippen molar-refractivity contribution in [2.24, 2.45) is 0 Å². The fraction of sp³-hybridized carbons (Fsp3) is 0.565. The molecular formula is C23H34N4O4S. The van der Waals surface area contributed by atoms with Crippen LogP contribution in [0.25, 0.3) is 0 Å². The van der Waals surface area contributed by atoms with Crippen molar-refractivity contribution in [1.29, 1.82) is 5.26 Å². The smallest absolute Gasteiger partial charge is 0.408 e. The maximum Gasteiger partial charge on any atom is 0.408 e. The summed E-state index contributed by atoms with van der Waals surface area (Å²) in [4.78, 5) is 40.0. The predicted octanol–water partition coefficient (Wildman–Crippen LogP) is 3.13. The summed E-state index contributed by atoms with van der Waals surface area (Å²) in [6.45, 7) is 9.10. The van der Waals surface area contributed by atoms with Gasteiger partial charge in [0.05, 0.1) is 6.07 Å². The Labute approximate surface area is 196 Å². The zero-order valence-corrected chi connectivity index (χ0v) is 20.4. The molecule has 2 unspecified atom stereocenters. The minimum atomic E-state index is -1.07. The van der Waals surface area contributed by atoms with E-state index in [1.54, 1.807) is 32.9 Å². The molecule has 0 aliphatic carbocycles. The van der Waals surface area contributed by atoms with Gasteiger partial charge in [-0.3, -0.25) is 9.59 Å². The number of aryl methyl sites for hydroxylation is 1. The molecule has 0 radical (unpaired) electrons. The molecule has 2 atom stereocenters. The van der Waals surface area contributed by atoms with Crippen LogP contribution in [0.3, 0.4) is 0 Å². The van der Waals surface area contributed by atoms with E-state index >= 15 is 0 Å². The van der Waals surface area contributed by atoms with E-state index in [4.69, 9.17) is 4.74 Å². The van der Waals surface area contributed by atoms with Gasteiger partial charge in [0.1, 0.15) is 24.2 Å². The van der Waals surface area contributed by atoms with Crippen LogP contribution in [0.4, 0.5) is 4.79 Å². The molecule has 1 rings (SSSR count). The molecule has 32 heavy (non-hydrogen) atoms. The molecule has 0 heterocycles. The molecule has 0 saturated heterocycles. The molecule has 0 bridgehead atoms. The van der Waals surface area contributed by atoms with Crippen LogP contribution >= 0.6 is 12.6 Å². The minimum absolute atomic E-state index is 0.0298. The Bertz CT molecular complexity index is 832. The highest BCUT2D eigenvalue weighted by Crippen LogP contribution is 2.25. The number of thiol groups is 1. The summed E-state index contributed by atoms with van der Waals surface area (Å²) in [5, 5.41) is 14.8. The molecule has 1 aromatic rings. The lowest BCUT2D eigenvalue weighted by Crippen LogP contribution is -2.54. The van der Waals surface area contributed by atoms with E-state index in [0.29, 0.717) is 12.1 Å². The summed E-state index contributed by atoms with van der Waals surface area (Å²) in [5.41, 5.74) is 0.672. The number of ether oxygens (including phenoxy) is 1. The van der Waals surface area contributed by atoms with Gasteiger partial charge in [-0.25, -0.2) is 4.79 Å². The summed E-state index contributed by atoms with van der Waals surface area (Å²) in [7, 11) is 0. The van der Waals surface area contributed by atoms with E-state index in [9.17, 15) is 19.6 Å². The van der Waals surface area contributed by atoms with Gasteiger partial charge >= 0.3 is 6.09 Å². The highest BCUT2D eigenvalue weighted by molar-refractivity contribution is 7.80. The maximum atomic E-state index is 13.4. The molecule has 0 saturated carbocycles. The second kappa shape index (κ2) is 13.0. The number of nitrogens with one attached hydrogen (secondary N) is 2. The van der Waals surface area contributed by atoms with Gasteiger partial charge in [0, 0.05) is 12.3 Å². The number of carbonyl (C=O) groups is 3. The Balaban J connectivity index is 3.29. The second-order valence-electron chi connectivity index (χ2n) is 8.41. The lowest BCUT2D eigenvalue weighted by molar-refractivity contribution is -0.141. The zero-order valence-electron chi connectivity index (χ0n) is 19.5. The number of carbonyl (C=O) groups excluding carboxylic acids is 3. The van der Waals surface area contributed by atoms with Crippen molar-refractivity contribution in [3.05, 3.63) is 35.4 Å². The average Bonchev–Trinajstić information content (AvgIpc) is 2.71. The van der Waals surface area contributed by atoms with E-state index in [-0.39, 0.29) is 18.2 Å². The molecule has 176 valence electrons. The number of amides is 3. The third-order valence-corrected chi connectivity index (χ3v) is 4.93. The zero-order chi connectivity index (χ0) is 24.3. The van der Waals surface area contributed by atoms with Crippen LogP contribution in [-0.4, -0.2) is 53.3 Å². The van der Waals surface area contributed by atoms with Gasteiger partial charge in [-0.2, -0.15) is 17.9 Å². The number of nitriles is 1. The standard InChI is InChI=1S/C23H34N4O4S/c1-6-7-13-25-20(28)19(17-11-9-8-10-16(17)2)27(14-12-24)21(29)18(15-32)26-22(30)31-23(3,4)5/h8-11,18-19,32H,6-7,13-15H2,1-5H3,(H,25,28)(H,26,30). The number of benzene rings is 1. The predicted molar refractivity (Wildman–Crippen MR) is 126 cm³/mol. The van der Waals surface area contributed by atoms with Crippen molar-refractivity contribution in [3.8, 4) is 6.07 Å². The fourth-order valence-corrected chi connectivity index (χ4v) is 3.28. The van der Waals surface area contributed by atoms with Crippen molar-refractivity contribution in [1.82, 2.24) is 15.5 Å². The van der Waals surface area contributed by atoms with Crippen LogP contribution in [0.5, 0.6) is 0 Å². The van der Waals surface area contributed by atoms with Crippen molar-refractivity contribution in [2.45, 2.75) is 65.1 Å². The van der Waals surface area contributed by atoms with Gasteiger partial charge in [0.2, 0.25) is 11.8 Å². The lowest BCUT2D eigenvalue weighted by Gasteiger charge is -2.33. The molecule has 9 heteroatoms. The first kappa shape index (κ1) is 27.3. The highest BCUT2D eigenvalue weighted by Gasteiger charge is 2.36. The topological polar surface area (TPSA) is 112 Å². The number of unbranched alkanes of at least 4 members (excludes halogenated alkanes) is 1. The molecule has 0 fully saturated rings.